The second-order valence-electron chi connectivity index (χ2n) is 9.43. The van der Waals surface area contributed by atoms with E-state index in [1.54, 1.807) is 0 Å². The molecule has 33 heavy (non-hydrogen) atoms. The number of ether oxygens (including phenoxy) is 1. The van der Waals surface area contributed by atoms with E-state index in [0.717, 1.165) is 36.8 Å². The van der Waals surface area contributed by atoms with Crippen molar-refractivity contribution in [1.29, 1.82) is 0 Å². The molecule has 2 aromatic rings. The van der Waals surface area contributed by atoms with Gasteiger partial charge in [0.15, 0.2) is 5.11 Å². The topological polar surface area (TPSA) is 62.3 Å². The third-order valence-corrected chi connectivity index (χ3v) is 7.25. The number of aromatic nitrogens is 2. The Balaban J connectivity index is 1.44. The molecule has 4 rings (SSSR count). The lowest BCUT2D eigenvalue weighted by molar-refractivity contribution is 0.0515. The van der Waals surface area contributed by atoms with Gasteiger partial charge in [0, 0.05) is 49.4 Å². The highest BCUT2D eigenvalue weighted by atomic mass is 35.5. The van der Waals surface area contributed by atoms with Crippen LogP contribution in [0.2, 0.25) is 10.2 Å². The fourth-order valence-corrected chi connectivity index (χ4v) is 5.55. The highest BCUT2D eigenvalue weighted by Gasteiger charge is 2.35. The molecule has 2 unspecified atom stereocenters. The van der Waals surface area contributed by atoms with Gasteiger partial charge in [-0.1, -0.05) is 49.2 Å². The summed E-state index contributed by atoms with van der Waals surface area (Å²) < 4.78 is 5.63. The maximum absolute atomic E-state index is 6.33. The zero-order valence-electron chi connectivity index (χ0n) is 19.1. The number of halogens is 2. The Hall–Kier alpha value is -1.67. The van der Waals surface area contributed by atoms with Crippen molar-refractivity contribution in [2.45, 2.75) is 38.5 Å². The molecule has 1 aromatic carbocycles. The number of piperidine rings is 1. The molecule has 0 bridgehead atoms. The number of rotatable bonds is 5. The number of thiocarbonyl (C=S) groups is 1. The van der Waals surface area contributed by atoms with Crippen LogP contribution in [0.25, 0.3) is 0 Å². The van der Waals surface area contributed by atoms with E-state index in [9.17, 15) is 0 Å². The van der Waals surface area contributed by atoms with Crippen molar-refractivity contribution in [3.63, 3.8) is 0 Å². The maximum atomic E-state index is 6.33. The number of benzene rings is 1. The second-order valence-corrected chi connectivity index (χ2v) is 10.7. The first-order valence-corrected chi connectivity index (χ1v) is 12.7. The Bertz CT molecular complexity index is 975. The molecular weight excluding hydrogens is 477 g/mol. The van der Waals surface area contributed by atoms with Crippen molar-refractivity contribution in [1.82, 2.24) is 15.3 Å². The van der Waals surface area contributed by atoms with E-state index in [0.29, 0.717) is 47.8 Å². The summed E-state index contributed by atoms with van der Waals surface area (Å²) in [7, 11) is 0. The summed E-state index contributed by atoms with van der Waals surface area (Å²) in [6.45, 7) is 8.56. The minimum Gasteiger partial charge on any atom is -0.381 e. The Morgan fingerprint density at radius 2 is 1.88 bits per heavy atom. The Kier molecular flexibility index (Phi) is 7.95. The quantitative estimate of drug-likeness (QED) is 0.420. The number of anilines is 2. The Morgan fingerprint density at radius 3 is 2.58 bits per heavy atom. The van der Waals surface area contributed by atoms with Crippen LogP contribution in [0.15, 0.2) is 30.3 Å². The molecule has 2 saturated heterocycles. The molecule has 0 radical (unpaired) electrons. The SMILES string of the molecule is CC1CC(C)CN(c2cc(Cl)nc(NC(=S)NCC3(c4cccc(Cl)c4)CCOCC3)n2)C1. The summed E-state index contributed by atoms with van der Waals surface area (Å²) in [6, 6.07) is 9.88. The fraction of sp³-hybridized carbons (Fsp3) is 0.542. The molecule has 1 aromatic heterocycles. The zero-order valence-corrected chi connectivity index (χ0v) is 21.4. The summed E-state index contributed by atoms with van der Waals surface area (Å²) in [5.41, 5.74) is 1.10. The number of nitrogens with one attached hydrogen (secondary N) is 2. The van der Waals surface area contributed by atoms with Crippen molar-refractivity contribution >= 4 is 52.3 Å². The molecule has 0 spiro atoms. The van der Waals surface area contributed by atoms with Gasteiger partial charge in [-0.3, -0.25) is 0 Å². The molecule has 9 heteroatoms. The minimum absolute atomic E-state index is 0.102. The van der Waals surface area contributed by atoms with Gasteiger partial charge in [0.1, 0.15) is 11.0 Å². The van der Waals surface area contributed by atoms with Crippen LogP contribution in [0.5, 0.6) is 0 Å². The number of nitrogens with zero attached hydrogens (tertiary/aromatic N) is 3. The summed E-state index contributed by atoms with van der Waals surface area (Å²) in [5.74, 6) is 2.47. The van der Waals surface area contributed by atoms with Crippen molar-refractivity contribution in [2.24, 2.45) is 11.8 Å². The lowest BCUT2D eigenvalue weighted by atomic mass is 9.74. The van der Waals surface area contributed by atoms with Crippen LogP contribution in [0.3, 0.4) is 0 Å². The smallest absolute Gasteiger partial charge is 0.232 e. The van der Waals surface area contributed by atoms with E-state index >= 15 is 0 Å². The Morgan fingerprint density at radius 1 is 1.15 bits per heavy atom. The van der Waals surface area contributed by atoms with Gasteiger partial charge < -0.3 is 20.3 Å². The molecule has 0 aliphatic carbocycles. The van der Waals surface area contributed by atoms with Crippen LogP contribution in [0.1, 0.15) is 38.7 Å². The highest BCUT2D eigenvalue weighted by molar-refractivity contribution is 7.80. The van der Waals surface area contributed by atoms with Gasteiger partial charge in [-0.05, 0) is 61.0 Å². The van der Waals surface area contributed by atoms with E-state index in [2.05, 4.69) is 40.4 Å². The average molecular weight is 509 g/mol. The molecule has 178 valence electrons. The van der Waals surface area contributed by atoms with Crippen molar-refractivity contribution in [3.05, 3.63) is 46.1 Å². The van der Waals surface area contributed by atoms with Crippen LogP contribution in [0.4, 0.5) is 11.8 Å². The van der Waals surface area contributed by atoms with Gasteiger partial charge >= 0.3 is 0 Å². The predicted molar refractivity (Wildman–Crippen MR) is 140 cm³/mol. The summed E-state index contributed by atoms with van der Waals surface area (Å²) in [4.78, 5) is 11.3. The first-order valence-electron chi connectivity index (χ1n) is 11.5. The summed E-state index contributed by atoms with van der Waals surface area (Å²) in [5, 5.41) is 8.12. The van der Waals surface area contributed by atoms with Crippen LogP contribution >= 0.6 is 35.4 Å². The van der Waals surface area contributed by atoms with E-state index in [1.165, 1.54) is 12.0 Å². The third-order valence-electron chi connectivity index (χ3n) is 6.57. The summed E-state index contributed by atoms with van der Waals surface area (Å²) in [6.07, 6.45) is 3.02. The first-order chi connectivity index (χ1) is 15.8. The van der Waals surface area contributed by atoms with Gasteiger partial charge in [0.2, 0.25) is 5.95 Å². The van der Waals surface area contributed by atoms with E-state index in [4.69, 9.17) is 45.1 Å². The van der Waals surface area contributed by atoms with Gasteiger partial charge in [-0.15, -0.1) is 0 Å². The van der Waals surface area contributed by atoms with Gasteiger partial charge in [0.25, 0.3) is 0 Å². The van der Waals surface area contributed by atoms with Crippen molar-refractivity contribution < 1.29 is 4.74 Å². The van der Waals surface area contributed by atoms with Gasteiger partial charge in [-0.25, -0.2) is 4.98 Å². The number of hydrogen-bond acceptors (Lipinski definition) is 5. The van der Waals surface area contributed by atoms with Crippen molar-refractivity contribution in [2.75, 3.05) is 43.1 Å². The molecule has 2 atom stereocenters. The largest absolute Gasteiger partial charge is 0.381 e. The molecule has 3 heterocycles. The maximum Gasteiger partial charge on any atom is 0.232 e. The van der Waals surface area contributed by atoms with E-state index in [-0.39, 0.29) is 5.41 Å². The highest BCUT2D eigenvalue weighted by Crippen LogP contribution is 2.35. The lowest BCUT2D eigenvalue weighted by Gasteiger charge is -2.38. The molecule has 0 amide bonds. The second kappa shape index (κ2) is 10.7. The fourth-order valence-electron chi connectivity index (χ4n) is 5.02. The molecule has 2 fully saturated rings. The van der Waals surface area contributed by atoms with Crippen LogP contribution < -0.4 is 15.5 Å². The molecule has 2 aliphatic heterocycles. The van der Waals surface area contributed by atoms with Gasteiger partial charge in [-0.2, -0.15) is 4.98 Å². The molecule has 2 N–H and O–H groups in total. The normalized spacial score (nSPS) is 22.6. The van der Waals surface area contributed by atoms with Crippen molar-refractivity contribution in [3.8, 4) is 0 Å². The minimum atomic E-state index is -0.102. The van der Waals surface area contributed by atoms with Gasteiger partial charge in [0.05, 0.1) is 0 Å². The Labute approximate surface area is 211 Å². The lowest BCUT2D eigenvalue weighted by Crippen LogP contribution is -2.45. The van der Waals surface area contributed by atoms with E-state index < -0.39 is 0 Å². The molecular formula is C24H31Cl2N5OS. The summed E-state index contributed by atoms with van der Waals surface area (Å²) >= 11 is 18.2. The zero-order chi connectivity index (χ0) is 23.4. The van der Waals surface area contributed by atoms with Crippen LogP contribution in [-0.4, -0.2) is 47.9 Å². The third kappa shape index (κ3) is 6.27. The predicted octanol–water partition coefficient (Wildman–Crippen LogP) is 5.30. The van der Waals surface area contributed by atoms with Crippen LogP contribution in [-0.2, 0) is 10.2 Å². The van der Waals surface area contributed by atoms with Crippen LogP contribution in [0, 0.1) is 11.8 Å². The monoisotopic (exact) mass is 507 g/mol. The average Bonchev–Trinajstić information content (AvgIpc) is 2.77. The van der Waals surface area contributed by atoms with E-state index in [1.807, 2.05) is 24.3 Å². The number of hydrogen-bond donors (Lipinski definition) is 2. The first kappa shape index (κ1) is 24.5. The molecule has 0 saturated carbocycles. The standard InChI is InChI=1S/C24H31Cl2N5OS/c1-16-10-17(2)14-31(13-16)21-12-20(26)28-22(29-21)30-23(33)27-15-24(6-8-32-9-7-24)18-4-3-5-19(25)11-18/h3-5,11-12,16-17H,6-10,13-15H2,1-2H3,(H2,27,28,29,30,33). The molecule has 2 aliphatic rings. The molecule has 6 nitrogen and oxygen atoms in total.